The van der Waals surface area contributed by atoms with Crippen molar-refractivity contribution in [3.05, 3.63) is 60.2 Å². The van der Waals surface area contributed by atoms with Crippen molar-refractivity contribution in [3.8, 4) is 0 Å². The van der Waals surface area contributed by atoms with Gasteiger partial charge < -0.3 is 33.2 Å². The van der Waals surface area contributed by atoms with Gasteiger partial charge in [0.1, 0.15) is 0 Å². The number of methoxy groups -OCH3 is 1. The monoisotopic (exact) mass is 654 g/mol. The van der Waals surface area contributed by atoms with Crippen molar-refractivity contribution in [3.63, 3.8) is 0 Å². The van der Waals surface area contributed by atoms with Gasteiger partial charge in [0.25, 0.3) is 0 Å². The Morgan fingerprint density at radius 1 is 0.851 bits per heavy atom. The van der Waals surface area contributed by atoms with Crippen LogP contribution in [0.25, 0.3) is 0 Å². The first-order chi connectivity index (χ1) is 23.2. The zero-order valence-electron chi connectivity index (χ0n) is 28.5. The fourth-order valence-corrected chi connectivity index (χ4v) is 7.26. The second-order valence-corrected chi connectivity index (χ2v) is 13.5. The van der Waals surface area contributed by atoms with E-state index in [-0.39, 0.29) is 55.0 Å². The van der Waals surface area contributed by atoms with Crippen molar-refractivity contribution in [1.82, 2.24) is 0 Å². The molecule has 3 unspecified atom stereocenters. The molecule has 1 aromatic rings. The number of unbranched alkanes of at least 4 members (excludes halogenated alkanes) is 1. The number of carbonyl (C=O) groups excluding carboxylic acids is 1. The molecule has 0 bridgehead atoms. The molecule has 1 aliphatic carbocycles. The van der Waals surface area contributed by atoms with Crippen molar-refractivity contribution in [2.45, 2.75) is 140 Å². The molecule has 0 N–H and O–H groups in total. The van der Waals surface area contributed by atoms with Gasteiger partial charge in [0.15, 0.2) is 18.9 Å². The van der Waals surface area contributed by atoms with Crippen molar-refractivity contribution in [2.24, 2.45) is 11.8 Å². The van der Waals surface area contributed by atoms with Crippen LogP contribution < -0.4 is 0 Å². The molecule has 1 aromatic carbocycles. The standard InChI is InChI=1S/C39H58O8/c1-41-36(40)18-8-3-2-7-17-32-33(25-24-31(45-37-19-9-12-26-42-37)23-22-30-15-5-4-6-16-30)35(47-39-21-11-14-28-44-39)29-34(32)46-38-20-10-13-27-43-38/h2,4-7,15-16,24-25,31-35,37-39H,3,8-14,17-23,26-29H2,1H3/t31?,32-,33-,34+,35-,37+,38?,39?/m1/s1. The van der Waals surface area contributed by atoms with E-state index >= 15 is 0 Å². The van der Waals surface area contributed by atoms with Crippen molar-refractivity contribution >= 4 is 5.97 Å². The van der Waals surface area contributed by atoms with E-state index in [9.17, 15) is 4.79 Å². The molecule has 0 aromatic heterocycles. The summed E-state index contributed by atoms with van der Waals surface area (Å²) < 4.78 is 43.1. The van der Waals surface area contributed by atoms with E-state index in [0.717, 1.165) is 116 Å². The van der Waals surface area contributed by atoms with Crippen LogP contribution in [0, 0.1) is 11.8 Å². The van der Waals surface area contributed by atoms with Gasteiger partial charge in [-0.05, 0) is 101 Å². The number of hydrogen-bond acceptors (Lipinski definition) is 8. The first kappa shape index (κ1) is 36.2. The van der Waals surface area contributed by atoms with Gasteiger partial charge in [-0.25, -0.2) is 0 Å². The first-order valence-electron chi connectivity index (χ1n) is 18.4. The zero-order chi connectivity index (χ0) is 32.5. The van der Waals surface area contributed by atoms with E-state index in [0.29, 0.717) is 6.42 Å². The number of hydrogen-bond donors (Lipinski definition) is 0. The van der Waals surface area contributed by atoms with E-state index in [1.54, 1.807) is 0 Å². The van der Waals surface area contributed by atoms with Gasteiger partial charge >= 0.3 is 5.97 Å². The van der Waals surface area contributed by atoms with Crippen LogP contribution in [0.5, 0.6) is 0 Å². The molecule has 3 saturated heterocycles. The van der Waals surface area contributed by atoms with Crippen LogP contribution in [0.1, 0.15) is 102 Å². The van der Waals surface area contributed by atoms with Gasteiger partial charge in [0, 0.05) is 38.6 Å². The summed E-state index contributed by atoms with van der Waals surface area (Å²) in [4.78, 5) is 11.6. The highest BCUT2D eigenvalue weighted by Crippen LogP contribution is 2.42. The van der Waals surface area contributed by atoms with Crippen LogP contribution in [-0.2, 0) is 44.4 Å². The van der Waals surface area contributed by atoms with E-state index < -0.39 is 0 Å². The molecule has 0 spiro atoms. The third-order valence-electron chi connectivity index (χ3n) is 9.92. The van der Waals surface area contributed by atoms with Gasteiger partial charge in [-0.15, -0.1) is 0 Å². The zero-order valence-corrected chi connectivity index (χ0v) is 28.5. The molecule has 3 heterocycles. The predicted octanol–water partition coefficient (Wildman–Crippen LogP) is 7.84. The average Bonchev–Trinajstić information content (AvgIpc) is 3.43. The lowest BCUT2D eigenvalue weighted by molar-refractivity contribution is -0.203. The molecule has 262 valence electrons. The predicted molar refractivity (Wildman–Crippen MR) is 181 cm³/mol. The first-order valence-corrected chi connectivity index (χ1v) is 18.4. The highest BCUT2D eigenvalue weighted by molar-refractivity contribution is 5.69. The van der Waals surface area contributed by atoms with Crippen molar-refractivity contribution in [1.29, 1.82) is 0 Å². The smallest absolute Gasteiger partial charge is 0.305 e. The molecule has 8 nitrogen and oxygen atoms in total. The van der Waals surface area contributed by atoms with Crippen LogP contribution in [0.3, 0.4) is 0 Å². The number of rotatable bonds is 17. The Balaban J connectivity index is 1.33. The molecule has 8 heteroatoms. The summed E-state index contributed by atoms with van der Waals surface area (Å²) in [6.45, 7) is 2.27. The maximum absolute atomic E-state index is 11.6. The third-order valence-corrected chi connectivity index (χ3v) is 9.92. The molecule has 5 rings (SSSR count). The summed E-state index contributed by atoms with van der Waals surface area (Å²) in [5.41, 5.74) is 1.31. The number of aryl methyl sites for hydroxylation is 1. The fraction of sp³-hybridized carbons (Fsp3) is 0.718. The quantitative estimate of drug-likeness (QED) is 0.0955. The van der Waals surface area contributed by atoms with Crippen LogP contribution in [-0.4, -0.2) is 70.1 Å². The molecule has 4 aliphatic rings. The lowest BCUT2D eigenvalue weighted by Gasteiger charge is -2.30. The maximum atomic E-state index is 11.6. The van der Waals surface area contributed by atoms with E-state index in [1.807, 2.05) is 0 Å². The largest absolute Gasteiger partial charge is 0.469 e. The molecular formula is C39H58O8. The van der Waals surface area contributed by atoms with Gasteiger partial charge in [-0.3, -0.25) is 4.79 Å². The van der Waals surface area contributed by atoms with Crippen molar-refractivity contribution < 1.29 is 38.0 Å². The minimum atomic E-state index is -0.176. The summed E-state index contributed by atoms with van der Waals surface area (Å²) >= 11 is 0. The molecule has 1 saturated carbocycles. The van der Waals surface area contributed by atoms with E-state index in [4.69, 9.17) is 33.2 Å². The Labute approximate surface area is 282 Å². The van der Waals surface area contributed by atoms with E-state index in [2.05, 4.69) is 54.6 Å². The highest BCUT2D eigenvalue weighted by Gasteiger charge is 2.45. The molecule has 0 radical (unpaired) electrons. The Bertz CT molecular complexity index is 1060. The van der Waals surface area contributed by atoms with Crippen LogP contribution >= 0.6 is 0 Å². The summed E-state index contributed by atoms with van der Waals surface area (Å²) in [6, 6.07) is 10.6. The lowest BCUT2D eigenvalue weighted by atomic mass is 9.89. The molecular weight excluding hydrogens is 596 g/mol. The Morgan fingerprint density at radius 2 is 1.51 bits per heavy atom. The summed E-state index contributed by atoms with van der Waals surface area (Å²) in [5, 5.41) is 0. The van der Waals surface area contributed by atoms with Gasteiger partial charge in [0.2, 0.25) is 0 Å². The van der Waals surface area contributed by atoms with E-state index in [1.165, 1.54) is 12.7 Å². The third kappa shape index (κ3) is 12.4. The number of allylic oxidation sites excluding steroid dienone is 2. The minimum Gasteiger partial charge on any atom is -0.469 e. The maximum Gasteiger partial charge on any atom is 0.305 e. The van der Waals surface area contributed by atoms with Crippen molar-refractivity contribution in [2.75, 3.05) is 26.9 Å². The summed E-state index contributed by atoms with van der Waals surface area (Å²) in [6.07, 6.45) is 23.5. The minimum absolute atomic E-state index is 0.00595. The van der Waals surface area contributed by atoms with Gasteiger partial charge in [0.05, 0.1) is 25.4 Å². The molecule has 4 fully saturated rings. The number of ether oxygens (including phenoxy) is 7. The summed E-state index contributed by atoms with van der Waals surface area (Å²) in [5.74, 6) is 0.180. The number of benzene rings is 1. The molecule has 3 aliphatic heterocycles. The summed E-state index contributed by atoms with van der Waals surface area (Å²) in [7, 11) is 1.44. The average molecular weight is 655 g/mol. The molecule has 0 amide bonds. The normalized spacial score (nSPS) is 31.0. The Hall–Kier alpha value is -2.07. The second-order valence-electron chi connectivity index (χ2n) is 13.5. The van der Waals surface area contributed by atoms with Crippen LogP contribution in [0.4, 0.5) is 0 Å². The number of carbonyl (C=O) groups is 1. The van der Waals surface area contributed by atoms with Gasteiger partial charge in [-0.2, -0.15) is 0 Å². The highest BCUT2D eigenvalue weighted by atomic mass is 16.7. The Kier molecular flexibility index (Phi) is 15.8. The topological polar surface area (TPSA) is 81.7 Å². The van der Waals surface area contributed by atoms with Gasteiger partial charge in [-0.1, -0.05) is 54.6 Å². The molecule has 8 atom stereocenters. The molecule has 47 heavy (non-hydrogen) atoms. The van der Waals surface area contributed by atoms with Crippen LogP contribution in [0.15, 0.2) is 54.6 Å². The lowest BCUT2D eigenvalue weighted by Crippen LogP contribution is -2.31. The number of esters is 1. The fourth-order valence-electron chi connectivity index (χ4n) is 7.26. The Morgan fingerprint density at radius 3 is 2.15 bits per heavy atom. The van der Waals surface area contributed by atoms with Crippen LogP contribution in [0.2, 0.25) is 0 Å². The second kappa shape index (κ2) is 20.4. The SMILES string of the molecule is COC(=O)CCCC=CC[C@@H]1[C@@H](C=CC(CCc2ccccc2)O[C@H]2CCCCO2)[C@H](OC2CCCCO2)C[C@@H]1OC1CCCCO1.